The van der Waals surface area contributed by atoms with E-state index in [2.05, 4.69) is 10.3 Å². The first kappa shape index (κ1) is 19.7. The van der Waals surface area contributed by atoms with E-state index in [4.69, 9.17) is 4.74 Å². The minimum Gasteiger partial charge on any atom is -0.378 e. The summed E-state index contributed by atoms with van der Waals surface area (Å²) in [4.78, 5) is 18.9. The molecule has 1 amide bonds. The van der Waals surface area contributed by atoms with E-state index in [1.54, 1.807) is 0 Å². The number of carbonyl (C=O) groups excluding carboxylic acids is 1. The van der Waals surface area contributed by atoms with Crippen molar-refractivity contribution in [2.24, 2.45) is 0 Å². The number of nitrogens with one attached hydrogen (secondary N) is 1. The van der Waals surface area contributed by atoms with E-state index in [9.17, 15) is 9.18 Å². The van der Waals surface area contributed by atoms with Crippen molar-refractivity contribution >= 4 is 17.4 Å². The Kier molecular flexibility index (Phi) is 5.16. The Bertz CT molecular complexity index is 1160. The number of carbonyl (C=O) groups is 1. The minimum atomic E-state index is -0.519. The lowest BCUT2D eigenvalue weighted by Gasteiger charge is -2.28. The number of amides is 1. The fraction of sp³-hybridized carbons (Fsp3) is 0.280. The largest absolute Gasteiger partial charge is 0.378 e. The van der Waals surface area contributed by atoms with E-state index in [1.807, 2.05) is 54.3 Å². The number of ether oxygens (including phenoxy) is 1. The van der Waals surface area contributed by atoms with Crippen molar-refractivity contribution in [3.63, 3.8) is 0 Å². The van der Waals surface area contributed by atoms with Crippen LogP contribution in [0.4, 0.5) is 15.9 Å². The average Bonchev–Trinajstić information content (AvgIpc) is 2.76. The molecule has 0 bridgehead atoms. The highest BCUT2D eigenvalue weighted by Gasteiger charge is 2.18. The van der Waals surface area contributed by atoms with Crippen molar-refractivity contribution in [3.8, 4) is 11.1 Å². The van der Waals surface area contributed by atoms with Gasteiger partial charge in [0, 0.05) is 30.4 Å². The van der Waals surface area contributed by atoms with Crippen molar-refractivity contribution in [1.82, 2.24) is 4.98 Å². The number of benzene rings is 2. The molecule has 1 fully saturated rings. The van der Waals surface area contributed by atoms with Gasteiger partial charge in [0.15, 0.2) is 0 Å². The van der Waals surface area contributed by atoms with E-state index < -0.39 is 5.95 Å². The third kappa shape index (κ3) is 4.03. The standard InChI is InChI=1S/C25H24FN3O2/c1-16-2-7-21(27-25(30)19-6-4-17-3-5-18(17)12-19)15-22(16)20-13-23(26)28-24(14-20)29-8-10-31-11-9-29/h2,4,6-7,12-15H,3,5,8-11H2,1H3,(H,27,30). The fourth-order valence-electron chi connectivity index (χ4n) is 4.14. The number of nitrogens with zero attached hydrogens (tertiary/aromatic N) is 2. The molecule has 1 saturated heterocycles. The van der Waals surface area contributed by atoms with E-state index in [1.165, 1.54) is 17.2 Å². The minimum absolute atomic E-state index is 0.139. The van der Waals surface area contributed by atoms with Crippen LogP contribution in [-0.4, -0.2) is 37.2 Å². The van der Waals surface area contributed by atoms with Crippen LogP contribution >= 0.6 is 0 Å². The van der Waals surface area contributed by atoms with Crippen LogP contribution in [0.15, 0.2) is 48.5 Å². The molecule has 0 spiro atoms. The fourth-order valence-corrected chi connectivity index (χ4v) is 4.14. The summed E-state index contributed by atoms with van der Waals surface area (Å²) in [5, 5.41) is 2.98. The van der Waals surface area contributed by atoms with Crippen molar-refractivity contribution in [2.45, 2.75) is 19.8 Å². The lowest BCUT2D eigenvalue weighted by atomic mass is 9.87. The zero-order valence-corrected chi connectivity index (χ0v) is 17.5. The normalized spacial score (nSPS) is 15.2. The molecule has 1 N–H and O–H groups in total. The first-order chi connectivity index (χ1) is 15.1. The third-order valence-corrected chi connectivity index (χ3v) is 6.05. The molecule has 0 radical (unpaired) electrons. The van der Waals surface area contributed by atoms with Crippen LogP contribution in [0, 0.1) is 12.9 Å². The zero-order chi connectivity index (χ0) is 21.4. The highest BCUT2D eigenvalue weighted by molar-refractivity contribution is 6.04. The Morgan fingerprint density at radius 2 is 1.84 bits per heavy atom. The first-order valence-corrected chi connectivity index (χ1v) is 10.6. The number of fused-ring (bicyclic) bond motifs is 1. The average molecular weight is 417 g/mol. The van der Waals surface area contributed by atoms with Gasteiger partial charge in [0.1, 0.15) is 5.82 Å². The molecule has 0 atom stereocenters. The summed E-state index contributed by atoms with van der Waals surface area (Å²) in [7, 11) is 0. The number of aromatic nitrogens is 1. The van der Waals surface area contributed by atoms with E-state index in [0.29, 0.717) is 43.4 Å². The maximum atomic E-state index is 14.4. The molecule has 1 aromatic heterocycles. The summed E-state index contributed by atoms with van der Waals surface area (Å²) in [5.74, 6) is -0.0523. The van der Waals surface area contributed by atoms with Gasteiger partial charge in [-0.25, -0.2) is 4.98 Å². The maximum absolute atomic E-state index is 14.4. The zero-order valence-electron chi connectivity index (χ0n) is 17.5. The molecule has 5 nitrogen and oxygen atoms in total. The predicted molar refractivity (Wildman–Crippen MR) is 119 cm³/mol. The van der Waals surface area contributed by atoms with Gasteiger partial charge in [0.25, 0.3) is 5.91 Å². The van der Waals surface area contributed by atoms with Gasteiger partial charge in [-0.15, -0.1) is 0 Å². The summed E-state index contributed by atoms with van der Waals surface area (Å²) in [6.45, 7) is 4.57. The number of hydrogen-bond donors (Lipinski definition) is 1. The highest BCUT2D eigenvalue weighted by Crippen LogP contribution is 2.30. The van der Waals surface area contributed by atoms with Gasteiger partial charge in [-0.05, 0) is 77.9 Å². The number of rotatable bonds is 4. The number of halogens is 1. The lowest BCUT2D eigenvalue weighted by Crippen LogP contribution is -2.36. The molecule has 0 unspecified atom stereocenters. The molecule has 6 heteroatoms. The topological polar surface area (TPSA) is 54.5 Å². The second kappa shape index (κ2) is 8.12. The van der Waals surface area contributed by atoms with E-state index in [-0.39, 0.29) is 5.91 Å². The Morgan fingerprint density at radius 3 is 2.58 bits per heavy atom. The van der Waals surface area contributed by atoms with Crippen LogP contribution in [0.2, 0.25) is 0 Å². The summed E-state index contributed by atoms with van der Waals surface area (Å²) in [5.41, 5.74) is 6.51. The van der Waals surface area contributed by atoms with Gasteiger partial charge in [-0.2, -0.15) is 4.39 Å². The second-order valence-electron chi connectivity index (χ2n) is 8.10. The summed E-state index contributed by atoms with van der Waals surface area (Å²) in [6.07, 6.45) is 2.12. The molecular formula is C25H24FN3O2. The molecule has 1 aliphatic heterocycles. The number of morpholine rings is 1. The van der Waals surface area contributed by atoms with Crippen molar-refractivity contribution in [1.29, 1.82) is 0 Å². The summed E-state index contributed by atoms with van der Waals surface area (Å²) >= 11 is 0. The molecule has 0 saturated carbocycles. The smallest absolute Gasteiger partial charge is 0.255 e. The van der Waals surface area contributed by atoms with Gasteiger partial charge in [0.05, 0.1) is 13.2 Å². The van der Waals surface area contributed by atoms with Gasteiger partial charge in [-0.1, -0.05) is 12.1 Å². The van der Waals surface area contributed by atoms with Gasteiger partial charge in [0.2, 0.25) is 5.95 Å². The van der Waals surface area contributed by atoms with Gasteiger partial charge in [-0.3, -0.25) is 4.79 Å². The first-order valence-electron chi connectivity index (χ1n) is 10.6. The van der Waals surface area contributed by atoms with Gasteiger partial charge >= 0.3 is 0 Å². The molecule has 158 valence electrons. The third-order valence-electron chi connectivity index (χ3n) is 6.05. The number of aryl methyl sites for hydroxylation is 3. The Labute approximate surface area is 180 Å². The Balaban J connectivity index is 1.42. The molecule has 2 aromatic carbocycles. The molecule has 2 aliphatic rings. The van der Waals surface area contributed by atoms with Crippen LogP contribution in [-0.2, 0) is 17.6 Å². The Hall–Kier alpha value is -3.25. The molecule has 1 aliphatic carbocycles. The van der Waals surface area contributed by atoms with Crippen LogP contribution in [0.5, 0.6) is 0 Å². The molecule has 3 aromatic rings. The van der Waals surface area contributed by atoms with Crippen LogP contribution in [0.1, 0.15) is 27.0 Å². The van der Waals surface area contributed by atoms with Crippen molar-refractivity contribution in [3.05, 3.63) is 76.7 Å². The molecular weight excluding hydrogens is 393 g/mol. The van der Waals surface area contributed by atoms with Gasteiger partial charge < -0.3 is 15.0 Å². The molecule has 31 heavy (non-hydrogen) atoms. The van der Waals surface area contributed by atoms with Crippen LogP contribution in [0.3, 0.4) is 0 Å². The van der Waals surface area contributed by atoms with E-state index >= 15 is 0 Å². The monoisotopic (exact) mass is 417 g/mol. The van der Waals surface area contributed by atoms with Crippen LogP contribution < -0.4 is 10.2 Å². The number of pyridine rings is 1. The molecule has 5 rings (SSSR count). The second-order valence-corrected chi connectivity index (χ2v) is 8.10. The highest BCUT2D eigenvalue weighted by atomic mass is 19.1. The van der Waals surface area contributed by atoms with E-state index in [0.717, 1.165) is 29.5 Å². The quantitative estimate of drug-likeness (QED) is 0.640. The summed E-state index contributed by atoms with van der Waals surface area (Å²) in [6, 6.07) is 14.9. The van der Waals surface area contributed by atoms with Crippen molar-refractivity contribution in [2.75, 3.05) is 36.5 Å². The number of hydrogen-bond acceptors (Lipinski definition) is 4. The number of anilines is 2. The SMILES string of the molecule is Cc1ccc(NC(=O)c2ccc3c(c2)CC3)cc1-c1cc(F)nc(N2CCOCC2)c1. The predicted octanol–water partition coefficient (Wildman–Crippen LogP) is 4.38. The Morgan fingerprint density at radius 1 is 1.03 bits per heavy atom. The van der Waals surface area contributed by atoms with Crippen LogP contribution in [0.25, 0.3) is 11.1 Å². The van der Waals surface area contributed by atoms with Crippen molar-refractivity contribution < 1.29 is 13.9 Å². The summed E-state index contributed by atoms with van der Waals surface area (Å²) < 4.78 is 19.8. The lowest BCUT2D eigenvalue weighted by molar-refractivity contribution is 0.102. The molecule has 2 heterocycles. The maximum Gasteiger partial charge on any atom is 0.255 e.